The summed E-state index contributed by atoms with van der Waals surface area (Å²) in [5, 5.41) is 0. The second kappa shape index (κ2) is 4.53. The molecule has 1 heterocycles. The SMILES string of the molecule is NNC1CCCCC1c1cccnc1. The van der Waals surface area contributed by atoms with Crippen molar-refractivity contribution in [2.75, 3.05) is 0 Å². The van der Waals surface area contributed by atoms with E-state index < -0.39 is 0 Å². The van der Waals surface area contributed by atoms with E-state index in [1.165, 1.54) is 31.2 Å². The third-order valence-corrected chi connectivity index (χ3v) is 3.09. The summed E-state index contributed by atoms with van der Waals surface area (Å²) in [6.07, 6.45) is 8.76. The van der Waals surface area contributed by atoms with Gasteiger partial charge in [-0.15, -0.1) is 0 Å². The van der Waals surface area contributed by atoms with Crippen molar-refractivity contribution in [1.29, 1.82) is 0 Å². The summed E-state index contributed by atoms with van der Waals surface area (Å²) in [6.45, 7) is 0. The second-order valence-electron chi connectivity index (χ2n) is 3.95. The Morgan fingerprint density at radius 2 is 2.21 bits per heavy atom. The Bertz CT molecular complexity index is 273. The minimum atomic E-state index is 0.424. The fraction of sp³-hybridized carbons (Fsp3) is 0.545. The van der Waals surface area contributed by atoms with E-state index in [1.807, 2.05) is 18.5 Å². The molecule has 2 unspecified atom stereocenters. The first-order chi connectivity index (χ1) is 6.92. The van der Waals surface area contributed by atoms with Crippen molar-refractivity contribution in [3.05, 3.63) is 30.1 Å². The molecule has 3 nitrogen and oxygen atoms in total. The molecule has 0 radical (unpaired) electrons. The number of nitrogens with two attached hydrogens (primary N) is 1. The Kier molecular flexibility index (Phi) is 3.11. The molecule has 14 heavy (non-hydrogen) atoms. The molecule has 1 aliphatic carbocycles. The van der Waals surface area contributed by atoms with Crippen molar-refractivity contribution >= 4 is 0 Å². The van der Waals surface area contributed by atoms with Gasteiger partial charge in [-0.3, -0.25) is 16.3 Å². The van der Waals surface area contributed by atoms with Crippen LogP contribution in [0.25, 0.3) is 0 Å². The normalized spacial score (nSPS) is 27.5. The number of aromatic nitrogens is 1. The highest BCUT2D eigenvalue weighted by atomic mass is 15.2. The molecule has 0 bridgehead atoms. The molecule has 0 saturated heterocycles. The molecule has 1 aliphatic rings. The topological polar surface area (TPSA) is 50.9 Å². The molecule has 2 atom stereocenters. The average Bonchev–Trinajstić information content (AvgIpc) is 2.30. The maximum absolute atomic E-state index is 5.56. The van der Waals surface area contributed by atoms with Gasteiger partial charge < -0.3 is 0 Å². The minimum Gasteiger partial charge on any atom is -0.271 e. The summed E-state index contributed by atoms with van der Waals surface area (Å²) in [4.78, 5) is 4.16. The van der Waals surface area contributed by atoms with Gasteiger partial charge in [-0.2, -0.15) is 0 Å². The van der Waals surface area contributed by atoms with Crippen LogP contribution < -0.4 is 11.3 Å². The molecule has 0 aliphatic heterocycles. The van der Waals surface area contributed by atoms with Crippen LogP contribution in [0.15, 0.2) is 24.5 Å². The van der Waals surface area contributed by atoms with Gasteiger partial charge in [-0.1, -0.05) is 18.9 Å². The van der Waals surface area contributed by atoms with Gasteiger partial charge in [0.05, 0.1) is 0 Å². The van der Waals surface area contributed by atoms with E-state index in [-0.39, 0.29) is 0 Å². The van der Waals surface area contributed by atoms with Crippen LogP contribution in [0.2, 0.25) is 0 Å². The Morgan fingerprint density at radius 1 is 1.36 bits per heavy atom. The van der Waals surface area contributed by atoms with Crippen molar-refractivity contribution < 1.29 is 0 Å². The third-order valence-electron chi connectivity index (χ3n) is 3.09. The molecule has 0 aromatic carbocycles. The van der Waals surface area contributed by atoms with Crippen molar-refractivity contribution in [3.8, 4) is 0 Å². The van der Waals surface area contributed by atoms with Gasteiger partial charge in [-0.25, -0.2) is 0 Å². The quantitative estimate of drug-likeness (QED) is 0.551. The zero-order valence-corrected chi connectivity index (χ0v) is 8.32. The molecule has 0 spiro atoms. The first-order valence-electron chi connectivity index (χ1n) is 5.28. The number of hydrogen-bond donors (Lipinski definition) is 2. The van der Waals surface area contributed by atoms with Crippen LogP contribution in [0.5, 0.6) is 0 Å². The Morgan fingerprint density at radius 3 is 2.93 bits per heavy atom. The lowest BCUT2D eigenvalue weighted by molar-refractivity contribution is 0.331. The summed E-state index contributed by atoms with van der Waals surface area (Å²) >= 11 is 0. The number of hydrogen-bond acceptors (Lipinski definition) is 3. The average molecular weight is 191 g/mol. The summed E-state index contributed by atoms with van der Waals surface area (Å²) in [5.74, 6) is 6.10. The fourth-order valence-corrected chi connectivity index (χ4v) is 2.32. The van der Waals surface area contributed by atoms with Gasteiger partial charge in [0.1, 0.15) is 0 Å². The number of rotatable bonds is 2. The standard InChI is InChI=1S/C11H17N3/c12-14-11-6-2-1-5-10(11)9-4-3-7-13-8-9/h3-4,7-8,10-11,14H,1-2,5-6,12H2. The molecule has 3 heteroatoms. The Balaban J connectivity index is 2.15. The number of nitrogens with zero attached hydrogens (tertiary/aromatic N) is 1. The lowest BCUT2D eigenvalue weighted by Crippen LogP contribution is -2.41. The van der Waals surface area contributed by atoms with Crippen LogP contribution >= 0.6 is 0 Å². The molecule has 76 valence electrons. The van der Waals surface area contributed by atoms with Gasteiger partial charge in [0.2, 0.25) is 0 Å². The van der Waals surface area contributed by atoms with Crippen molar-refractivity contribution in [2.45, 2.75) is 37.6 Å². The fourth-order valence-electron chi connectivity index (χ4n) is 2.32. The zero-order valence-electron chi connectivity index (χ0n) is 8.32. The molecule has 3 N–H and O–H groups in total. The third kappa shape index (κ3) is 1.94. The number of pyridine rings is 1. The summed E-state index contributed by atoms with van der Waals surface area (Å²) < 4.78 is 0. The first kappa shape index (κ1) is 9.62. The van der Waals surface area contributed by atoms with Crippen molar-refractivity contribution in [2.24, 2.45) is 5.84 Å². The molecule has 1 fully saturated rings. The maximum Gasteiger partial charge on any atom is 0.0303 e. The highest BCUT2D eigenvalue weighted by Crippen LogP contribution is 2.32. The van der Waals surface area contributed by atoms with E-state index in [1.54, 1.807) is 0 Å². The van der Waals surface area contributed by atoms with Crippen LogP contribution in [0.4, 0.5) is 0 Å². The zero-order chi connectivity index (χ0) is 9.80. The molecule has 1 aromatic rings. The van der Waals surface area contributed by atoms with E-state index in [0.717, 1.165) is 0 Å². The second-order valence-corrected chi connectivity index (χ2v) is 3.95. The smallest absolute Gasteiger partial charge is 0.0303 e. The Hall–Kier alpha value is -0.930. The van der Waals surface area contributed by atoms with Crippen LogP contribution in [-0.4, -0.2) is 11.0 Å². The molecule has 0 amide bonds. The van der Waals surface area contributed by atoms with Crippen molar-refractivity contribution in [1.82, 2.24) is 10.4 Å². The van der Waals surface area contributed by atoms with E-state index in [9.17, 15) is 0 Å². The number of nitrogens with one attached hydrogen (secondary N) is 1. The highest BCUT2D eigenvalue weighted by molar-refractivity contribution is 5.17. The predicted molar refractivity (Wildman–Crippen MR) is 56.6 cm³/mol. The lowest BCUT2D eigenvalue weighted by atomic mass is 9.81. The molecule has 1 saturated carbocycles. The maximum atomic E-state index is 5.56. The molecular formula is C11H17N3. The molecule has 2 rings (SSSR count). The molecular weight excluding hydrogens is 174 g/mol. The minimum absolute atomic E-state index is 0.424. The van der Waals surface area contributed by atoms with Crippen LogP contribution in [0.3, 0.4) is 0 Å². The van der Waals surface area contributed by atoms with Crippen LogP contribution in [0, 0.1) is 0 Å². The van der Waals surface area contributed by atoms with Crippen molar-refractivity contribution in [3.63, 3.8) is 0 Å². The van der Waals surface area contributed by atoms with Gasteiger partial charge in [0, 0.05) is 24.4 Å². The van der Waals surface area contributed by atoms with E-state index in [0.29, 0.717) is 12.0 Å². The van der Waals surface area contributed by atoms with E-state index in [4.69, 9.17) is 5.84 Å². The summed E-state index contributed by atoms with van der Waals surface area (Å²) in [6, 6.07) is 4.57. The van der Waals surface area contributed by atoms with Crippen LogP contribution in [-0.2, 0) is 0 Å². The van der Waals surface area contributed by atoms with Gasteiger partial charge in [0.25, 0.3) is 0 Å². The first-order valence-corrected chi connectivity index (χ1v) is 5.28. The highest BCUT2D eigenvalue weighted by Gasteiger charge is 2.25. The monoisotopic (exact) mass is 191 g/mol. The van der Waals surface area contributed by atoms with Gasteiger partial charge in [-0.05, 0) is 24.5 Å². The lowest BCUT2D eigenvalue weighted by Gasteiger charge is -2.30. The van der Waals surface area contributed by atoms with Gasteiger partial charge in [0.15, 0.2) is 0 Å². The summed E-state index contributed by atoms with van der Waals surface area (Å²) in [5.41, 5.74) is 4.24. The van der Waals surface area contributed by atoms with E-state index >= 15 is 0 Å². The van der Waals surface area contributed by atoms with Gasteiger partial charge >= 0.3 is 0 Å². The largest absolute Gasteiger partial charge is 0.271 e. The predicted octanol–water partition coefficient (Wildman–Crippen LogP) is 1.57. The van der Waals surface area contributed by atoms with E-state index in [2.05, 4.69) is 16.5 Å². The summed E-state index contributed by atoms with van der Waals surface area (Å²) in [7, 11) is 0. The number of hydrazine groups is 1. The molecule has 1 aromatic heterocycles. The van der Waals surface area contributed by atoms with Crippen LogP contribution in [0.1, 0.15) is 37.2 Å². The Labute approximate surface area is 84.7 Å².